The standard InChI is InChI=1S/C34H24O11/c1-3-29(35)28-18-27(42-31(36)23-6-4-21-16-25(43-33(38)39)10-8-19(21)14-23)12-13-30(28)45-32(37)24-7-5-22-17-26(44-34(40)41-2)11-9-20(22)15-24/h4-18H,3H2,1-2H3,(H,38,39). The van der Waals surface area contributed by atoms with Gasteiger partial charge < -0.3 is 28.8 Å². The summed E-state index contributed by atoms with van der Waals surface area (Å²) in [6.45, 7) is 1.65. The molecule has 0 atom stereocenters. The molecule has 0 saturated carbocycles. The largest absolute Gasteiger partial charge is 0.513 e. The Morgan fingerprint density at radius 2 is 1.07 bits per heavy atom. The number of ether oxygens (including phenoxy) is 5. The fraction of sp³-hybridized carbons (Fsp3) is 0.0882. The summed E-state index contributed by atoms with van der Waals surface area (Å²) in [6.07, 6.45) is -2.19. The van der Waals surface area contributed by atoms with Gasteiger partial charge in [-0.25, -0.2) is 19.2 Å². The summed E-state index contributed by atoms with van der Waals surface area (Å²) >= 11 is 0. The Labute approximate surface area is 255 Å². The van der Waals surface area contributed by atoms with Gasteiger partial charge in [0.25, 0.3) is 0 Å². The molecule has 11 nitrogen and oxygen atoms in total. The van der Waals surface area contributed by atoms with Gasteiger partial charge in [-0.3, -0.25) is 4.79 Å². The highest BCUT2D eigenvalue weighted by Gasteiger charge is 2.19. The molecular formula is C34H24O11. The minimum atomic E-state index is -1.44. The van der Waals surface area contributed by atoms with Crippen molar-refractivity contribution in [3.63, 3.8) is 0 Å². The molecule has 0 aliphatic carbocycles. The van der Waals surface area contributed by atoms with Crippen molar-refractivity contribution < 1.29 is 52.8 Å². The molecule has 5 aromatic carbocycles. The van der Waals surface area contributed by atoms with Crippen molar-refractivity contribution in [3.05, 3.63) is 108 Å². The Morgan fingerprint density at radius 1 is 0.578 bits per heavy atom. The molecule has 5 rings (SSSR count). The summed E-state index contributed by atoms with van der Waals surface area (Å²) in [6, 6.07) is 23.1. The molecule has 0 aromatic heterocycles. The van der Waals surface area contributed by atoms with E-state index in [-0.39, 0.29) is 51.9 Å². The summed E-state index contributed by atoms with van der Waals surface area (Å²) in [7, 11) is 1.20. The van der Waals surface area contributed by atoms with E-state index in [1.165, 1.54) is 49.6 Å². The highest BCUT2D eigenvalue weighted by molar-refractivity contribution is 6.02. The highest BCUT2D eigenvalue weighted by atomic mass is 16.7. The number of hydrogen-bond acceptors (Lipinski definition) is 10. The van der Waals surface area contributed by atoms with Crippen LogP contribution in [0.2, 0.25) is 0 Å². The van der Waals surface area contributed by atoms with Crippen LogP contribution in [0.25, 0.3) is 21.5 Å². The number of esters is 2. The third-order valence-electron chi connectivity index (χ3n) is 6.65. The molecule has 0 bridgehead atoms. The zero-order valence-electron chi connectivity index (χ0n) is 23.9. The average Bonchev–Trinajstić information content (AvgIpc) is 3.04. The summed E-state index contributed by atoms with van der Waals surface area (Å²) in [5.74, 6) is -1.27. The summed E-state index contributed by atoms with van der Waals surface area (Å²) in [5, 5.41) is 11.5. The Bertz CT molecular complexity index is 1990. The number of rotatable bonds is 8. The van der Waals surface area contributed by atoms with Gasteiger partial charge in [-0.2, -0.15) is 0 Å². The number of hydrogen-bond donors (Lipinski definition) is 1. The van der Waals surface area contributed by atoms with E-state index in [2.05, 4.69) is 9.47 Å². The molecule has 0 radical (unpaired) electrons. The van der Waals surface area contributed by atoms with Gasteiger partial charge in [0.05, 0.1) is 23.8 Å². The number of fused-ring (bicyclic) bond motifs is 2. The lowest BCUT2D eigenvalue weighted by Crippen LogP contribution is -2.13. The summed E-state index contributed by atoms with van der Waals surface area (Å²) < 4.78 is 25.3. The van der Waals surface area contributed by atoms with Crippen LogP contribution < -0.4 is 18.9 Å². The third kappa shape index (κ3) is 7.05. The van der Waals surface area contributed by atoms with E-state index in [0.29, 0.717) is 21.5 Å². The Hall–Kier alpha value is -6.23. The number of methoxy groups -OCH3 is 1. The number of benzene rings is 5. The first-order chi connectivity index (χ1) is 21.6. The van der Waals surface area contributed by atoms with Crippen molar-refractivity contribution in [3.8, 4) is 23.0 Å². The van der Waals surface area contributed by atoms with Gasteiger partial charge in [0.2, 0.25) is 0 Å². The minimum absolute atomic E-state index is 0.00124. The van der Waals surface area contributed by atoms with E-state index in [4.69, 9.17) is 19.3 Å². The van der Waals surface area contributed by atoms with E-state index in [9.17, 15) is 24.0 Å². The average molecular weight is 609 g/mol. The number of carboxylic acid groups (broad SMARTS) is 1. The Morgan fingerprint density at radius 3 is 1.62 bits per heavy atom. The lowest BCUT2D eigenvalue weighted by molar-refractivity contribution is 0.0716. The van der Waals surface area contributed by atoms with Crippen molar-refractivity contribution >= 4 is 51.6 Å². The van der Waals surface area contributed by atoms with Crippen molar-refractivity contribution in [2.24, 2.45) is 0 Å². The van der Waals surface area contributed by atoms with Gasteiger partial charge in [0.15, 0.2) is 5.78 Å². The fourth-order valence-electron chi connectivity index (χ4n) is 4.46. The first-order valence-electron chi connectivity index (χ1n) is 13.5. The molecule has 45 heavy (non-hydrogen) atoms. The second-order valence-corrected chi connectivity index (χ2v) is 9.59. The number of Topliss-reactive ketones (excluding diaryl/α,β-unsaturated/α-hetero) is 1. The van der Waals surface area contributed by atoms with Gasteiger partial charge in [0, 0.05) is 6.42 Å². The number of ketones is 1. The quantitative estimate of drug-likeness (QED) is 0.0822. The van der Waals surface area contributed by atoms with E-state index in [1.807, 2.05) is 0 Å². The van der Waals surface area contributed by atoms with Crippen LogP contribution in [-0.4, -0.2) is 42.2 Å². The molecule has 11 heteroatoms. The molecule has 0 heterocycles. The molecule has 1 N–H and O–H groups in total. The number of carbonyl (C=O) groups excluding carboxylic acids is 4. The molecule has 0 fully saturated rings. The van der Waals surface area contributed by atoms with Crippen molar-refractivity contribution in [2.75, 3.05) is 7.11 Å². The topological polar surface area (TPSA) is 152 Å². The van der Waals surface area contributed by atoms with Gasteiger partial charge in [-0.15, -0.1) is 0 Å². The normalized spacial score (nSPS) is 10.6. The predicted octanol–water partition coefficient (Wildman–Crippen LogP) is 7.23. The van der Waals surface area contributed by atoms with Crippen LogP contribution in [0.1, 0.15) is 44.4 Å². The van der Waals surface area contributed by atoms with Crippen molar-refractivity contribution in [1.82, 2.24) is 0 Å². The molecule has 0 aliphatic heterocycles. The first kappa shape index (κ1) is 30.2. The van der Waals surface area contributed by atoms with Crippen LogP contribution in [0.15, 0.2) is 91.0 Å². The maximum atomic E-state index is 13.1. The smallest absolute Gasteiger partial charge is 0.449 e. The molecule has 0 spiro atoms. The minimum Gasteiger partial charge on any atom is -0.449 e. The number of carbonyl (C=O) groups is 5. The molecular weight excluding hydrogens is 584 g/mol. The molecule has 0 amide bonds. The van der Waals surface area contributed by atoms with Gasteiger partial charge in [-0.1, -0.05) is 31.2 Å². The van der Waals surface area contributed by atoms with E-state index >= 15 is 0 Å². The van der Waals surface area contributed by atoms with Crippen LogP contribution in [0.5, 0.6) is 23.0 Å². The maximum Gasteiger partial charge on any atom is 0.513 e. The van der Waals surface area contributed by atoms with E-state index in [1.54, 1.807) is 55.5 Å². The van der Waals surface area contributed by atoms with Crippen LogP contribution in [0, 0.1) is 0 Å². The van der Waals surface area contributed by atoms with Gasteiger partial charge in [0.1, 0.15) is 23.0 Å². The van der Waals surface area contributed by atoms with Crippen molar-refractivity contribution in [1.29, 1.82) is 0 Å². The summed E-state index contributed by atoms with van der Waals surface area (Å²) in [5.41, 5.74) is 0.493. The maximum absolute atomic E-state index is 13.1. The molecule has 0 aliphatic rings. The zero-order chi connectivity index (χ0) is 32.1. The first-order valence-corrected chi connectivity index (χ1v) is 13.5. The fourth-order valence-corrected chi connectivity index (χ4v) is 4.46. The van der Waals surface area contributed by atoms with Gasteiger partial charge in [-0.05, 0) is 88.3 Å². The predicted molar refractivity (Wildman–Crippen MR) is 161 cm³/mol. The highest BCUT2D eigenvalue weighted by Crippen LogP contribution is 2.29. The second-order valence-electron chi connectivity index (χ2n) is 9.59. The Balaban J connectivity index is 1.33. The van der Waals surface area contributed by atoms with Crippen LogP contribution in [0.4, 0.5) is 9.59 Å². The molecule has 0 saturated heterocycles. The monoisotopic (exact) mass is 608 g/mol. The third-order valence-corrected chi connectivity index (χ3v) is 6.65. The summed E-state index contributed by atoms with van der Waals surface area (Å²) in [4.78, 5) is 60.9. The second kappa shape index (κ2) is 13.0. The molecule has 226 valence electrons. The molecule has 5 aromatic rings. The SMILES string of the molecule is CCC(=O)c1cc(OC(=O)c2ccc3cc(OC(=O)O)ccc3c2)ccc1OC(=O)c1ccc2cc(OC(=O)OC)ccc2c1. The van der Waals surface area contributed by atoms with Crippen LogP contribution in [-0.2, 0) is 4.74 Å². The Kier molecular flexibility index (Phi) is 8.71. The lowest BCUT2D eigenvalue weighted by Gasteiger charge is -2.12. The van der Waals surface area contributed by atoms with E-state index in [0.717, 1.165) is 0 Å². The van der Waals surface area contributed by atoms with Gasteiger partial charge >= 0.3 is 24.2 Å². The van der Waals surface area contributed by atoms with Crippen LogP contribution in [0.3, 0.4) is 0 Å². The molecule has 0 unspecified atom stereocenters. The van der Waals surface area contributed by atoms with E-state index < -0.39 is 24.2 Å². The lowest BCUT2D eigenvalue weighted by atomic mass is 10.1. The van der Waals surface area contributed by atoms with Crippen LogP contribution >= 0.6 is 0 Å². The van der Waals surface area contributed by atoms with Crippen molar-refractivity contribution in [2.45, 2.75) is 13.3 Å². The zero-order valence-corrected chi connectivity index (χ0v) is 23.9.